The topological polar surface area (TPSA) is 138 Å². The molecule has 3 rings (SSSR count). The molecule has 0 aliphatic rings. The van der Waals surface area contributed by atoms with Crippen molar-refractivity contribution in [1.29, 1.82) is 0 Å². The van der Waals surface area contributed by atoms with Crippen LogP contribution in [0.5, 0.6) is 17.2 Å². The van der Waals surface area contributed by atoms with Crippen molar-refractivity contribution >= 4 is 17.9 Å². The van der Waals surface area contributed by atoms with E-state index in [0.717, 1.165) is 17.5 Å². The molecule has 0 heterocycles. The van der Waals surface area contributed by atoms with Gasteiger partial charge in [-0.3, -0.25) is 0 Å². The molecule has 0 amide bonds. The van der Waals surface area contributed by atoms with Gasteiger partial charge in [0, 0.05) is 18.2 Å². The first-order valence-corrected chi connectivity index (χ1v) is 15.0. The van der Waals surface area contributed by atoms with Gasteiger partial charge in [0.2, 0.25) is 0 Å². The van der Waals surface area contributed by atoms with Gasteiger partial charge in [0.25, 0.3) is 0 Å². The third-order valence-corrected chi connectivity index (χ3v) is 6.67. The van der Waals surface area contributed by atoms with Crippen LogP contribution in [0.15, 0.2) is 91.0 Å². The summed E-state index contributed by atoms with van der Waals surface area (Å²) in [5, 5.41) is 18.0. The molecule has 0 aliphatic heterocycles. The Morgan fingerprint density at radius 1 is 0.652 bits per heavy atom. The molecule has 244 valence electrons. The molecule has 0 atom stereocenters. The molecule has 3 aromatic rings. The third-order valence-electron chi connectivity index (χ3n) is 6.67. The molecule has 0 saturated heterocycles. The van der Waals surface area contributed by atoms with Gasteiger partial charge >= 0.3 is 17.9 Å². The van der Waals surface area contributed by atoms with Crippen LogP contribution in [0, 0.1) is 0 Å². The maximum atomic E-state index is 13.0. The van der Waals surface area contributed by atoms with Crippen LogP contribution in [-0.2, 0) is 25.5 Å². The van der Waals surface area contributed by atoms with Crippen molar-refractivity contribution in [3.63, 3.8) is 0 Å². The zero-order chi connectivity index (χ0) is 33.3. The van der Waals surface area contributed by atoms with Gasteiger partial charge in [-0.05, 0) is 41.7 Å². The highest BCUT2D eigenvalue weighted by Crippen LogP contribution is 2.29. The van der Waals surface area contributed by atoms with E-state index >= 15 is 0 Å². The summed E-state index contributed by atoms with van der Waals surface area (Å²) in [5.74, 6) is -1.48. The fraction of sp³-hybridized carbons (Fsp3) is 0.306. The number of unbranched alkanes of at least 4 members (excludes halogenated alkanes) is 2. The smallest absolute Gasteiger partial charge is 0.343 e. The third kappa shape index (κ3) is 11.5. The Morgan fingerprint density at radius 2 is 1.13 bits per heavy atom. The van der Waals surface area contributed by atoms with Crippen LogP contribution in [0.4, 0.5) is 0 Å². The fourth-order valence-electron chi connectivity index (χ4n) is 4.10. The summed E-state index contributed by atoms with van der Waals surface area (Å²) in [4.78, 5) is 36.4. The van der Waals surface area contributed by atoms with Gasteiger partial charge in [-0.15, -0.1) is 0 Å². The summed E-state index contributed by atoms with van der Waals surface area (Å²) in [5.41, 5.74) is 3.47. The van der Waals surface area contributed by atoms with Gasteiger partial charge in [0.15, 0.2) is 0 Å². The summed E-state index contributed by atoms with van der Waals surface area (Å²) in [6, 6.07) is 20.0. The lowest BCUT2D eigenvalue weighted by Gasteiger charge is -2.13. The zero-order valence-electron chi connectivity index (χ0n) is 26.0. The van der Waals surface area contributed by atoms with E-state index in [2.05, 4.69) is 44.3 Å². The molecule has 0 bridgehead atoms. The second kappa shape index (κ2) is 18.8. The molecule has 0 radical (unpaired) electrons. The number of aryl methyl sites for hydroxylation is 1. The second-order valence-electron chi connectivity index (χ2n) is 10.3. The maximum absolute atomic E-state index is 13.0. The van der Waals surface area contributed by atoms with Crippen LogP contribution < -0.4 is 14.2 Å². The summed E-state index contributed by atoms with van der Waals surface area (Å²) in [6.45, 7) is 7.59. The monoisotopic (exact) mass is 632 g/mol. The Balaban J connectivity index is 1.66. The minimum absolute atomic E-state index is 0.0522. The fourth-order valence-corrected chi connectivity index (χ4v) is 4.10. The molecule has 0 saturated carbocycles. The average Bonchev–Trinajstić information content (AvgIpc) is 3.08. The minimum atomic E-state index is -0.748. The number of carbonyl (C=O) groups excluding carboxylic acids is 3. The summed E-state index contributed by atoms with van der Waals surface area (Å²) >= 11 is 0. The van der Waals surface area contributed by atoms with Crippen molar-refractivity contribution in [1.82, 2.24) is 0 Å². The van der Waals surface area contributed by atoms with Crippen molar-refractivity contribution in [2.45, 2.75) is 32.6 Å². The molecule has 0 unspecified atom stereocenters. The molecule has 46 heavy (non-hydrogen) atoms. The average molecular weight is 633 g/mol. The maximum Gasteiger partial charge on any atom is 0.343 e. The van der Waals surface area contributed by atoms with Crippen LogP contribution in [0.1, 0.15) is 42.1 Å². The van der Waals surface area contributed by atoms with E-state index in [4.69, 9.17) is 33.9 Å². The van der Waals surface area contributed by atoms with E-state index in [-0.39, 0.29) is 54.8 Å². The standard InChI is InChI=1S/C36H40O10/c1-4-5-6-7-27-8-10-28(11-9-27)29-12-14-30(15-13-29)36(41)46-33-21-31(42-16-18-44-34(39)25(2)23-37)20-32(22-33)43-17-19-45-35(40)26(3)24-38/h8-15,20-22,37-38H,2-7,16-19,23-24H2,1H3. The molecule has 2 N–H and O–H groups in total. The predicted octanol–water partition coefficient (Wildman–Crippen LogP) is 5.25. The highest BCUT2D eigenvalue weighted by molar-refractivity contribution is 5.92. The molecular weight excluding hydrogens is 592 g/mol. The van der Waals surface area contributed by atoms with Gasteiger partial charge in [0.05, 0.1) is 29.9 Å². The molecule has 0 spiro atoms. The number of hydrogen-bond acceptors (Lipinski definition) is 10. The Morgan fingerprint density at radius 3 is 1.61 bits per heavy atom. The van der Waals surface area contributed by atoms with E-state index in [1.54, 1.807) is 12.1 Å². The van der Waals surface area contributed by atoms with Gasteiger partial charge < -0.3 is 33.9 Å². The molecule has 3 aromatic carbocycles. The number of esters is 3. The zero-order valence-corrected chi connectivity index (χ0v) is 26.0. The van der Waals surface area contributed by atoms with Crippen LogP contribution in [0.3, 0.4) is 0 Å². The second-order valence-corrected chi connectivity index (χ2v) is 10.3. The van der Waals surface area contributed by atoms with Gasteiger partial charge in [-0.1, -0.05) is 69.3 Å². The lowest BCUT2D eigenvalue weighted by Crippen LogP contribution is -2.16. The van der Waals surface area contributed by atoms with Crippen LogP contribution in [-0.4, -0.2) is 67.8 Å². The van der Waals surface area contributed by atoms with Crippen molar-refractivity contribution in [3.8, 4) is 28.4 Å². The van der Waals surface area contributed by atoms with Crippen molar-refractivity contribution < 1.29 is 48.3 Å². The normalized spacial score (nSPS) is 10.5. The van der Waals surface area contributed by atoms with E-state index in [1.807, 2.05) is 12.1 Å². The van der Waals surface area contributed by atoms with Crippen LogP contribution >= 0.6 is 0 Å². The molecule has 0 aromatic heterocycles. The number of aliphatic hydroxyl groups is 2. The largest absolute Gasteiger partial charge is 0.490 e. The Bertz CT molecular complexity index is 1420. The number of benzene rings is 3. The minimum Gasteiger partial charge on any atom is -0.490 e. The molecular formula is C36H40O10. The lowest BCUT2D eigenvalue weighted by atomic mass is 10.0. The lowest BCUT2D eigenvalue weighted by molar-refractivity contribution is -0.141. The van der Waals surface area contributed by atoms with Crippen molar-refractivity contribution in [3.05, 3.63) is 102 Å². The van der Waals surface area contributed by atoms with Gasteiger partial charge in [-0.2, -0.15) is 0 Å². The number of ether oxygens (including phenoxy) is 5. The number of carbonyl (C=O) groups is 3. The summed E-state index contributed by atoms with van der Waals surface area (Å²) < 4.78 is 26.9. The van der Waals surface area contributed by atoms with Crippen molar-refractivity contribution in [2.75, 3.05) is 39.6 Å². The van der Waals surface area contributed by atoms with Crippen LogP contribution in [0.25, 0.3) is 11.1 Å². The van der Waals surface area contributed by atoms with E-state index in [1.165, 1.54) is 43.0 Å². The molecule has 10 heteroatoms. The molecule has 0 aliphatic carbocycles. The first kappa shape index (κ1) is 35.5. The van der Waals surface area contributed by atoms with E-state index < -0.39 is 31.1 Å². The highest BCUT2D eigenvalue weighted by Gasteiger charge is 2.14. The number of aliphatic hydroxyl groups excluding tert-OH is 2. The Hall–Kier alpha value is -4.93. The summed E-state index contributed by atoms with van der Waals surface area (Å²) in [7, 11) is 0. The van der Waals surface area contributed by atoms with Crippen molar-refractivity contribution in [2.24, 2.45) is 0 Å². The van der Waals surface area contributed by atoms with Gasteiger partial charge in [0.1, 0.15) is 43.7 Å². The Kier molecular flexibility index (Phi) is 14.5. The molecule has 0 fully saturated rings. The van der Waals surface area contributed by atoms with Crippen LogP contribution in [0.2, 0.25) is 0 Å². The van der Waals surface area contributed by atoms with Gasteiger partial charge in [-0.25, -0.2) is 14.4 Å². The van der Waals surface area contributed by atoms with E-state index in [9.17, 15) is 14.4 Å². The first-order valence-electron chi connectivity index (χ1n) is 15.0. The molecule has 10 nitrogen and oxygen atoms in total. The summed E-state index contributed by atoms with van der Waals surface area (Å²) in [6.07, 6.45) is 4.63. The first-order chi connectivity index (χ1) is 22.2. The SMILES string of the molecule is C=C(CO)C(=O)OCCOc1cc(OCCOC(=O)C(=C)CO)cc(OC(=O)c2ccc(-c3ccc(CCCCC)cc3)cc2)c1. The van der Waals surface area contributed by atoms with E-state index in [0.29, 0.717) is 5.56 Å². The predicted molar refractivity (Wildman–Crippen MR) is 172 cm³/mol. The Labute approximate surface area is 268 Å². The number of hydrogen-bond donors (Lipinski definition) is 2. The quantitative estimate of drug-likeness (QED) is 0.0780. The highest BCUT2D eigenvalue weighted by atomic mass is 16.6. The number of rotatable bonds is 19.